The Morgan fingerprint density at radius 1 is 0.906 bits per heavy atom. The van der Waals surface area contributed by atoms with Crippen molar-refractivity contribution in [1.82, 2.24) is 19.5 Å². The van der Waals surface area contributed by atoms with Crippen molar-refractivity contribution in [3.8, 4) is 0 Å². The fourth-order valence-corrected chi connectivity index (χ4v) is 6.97. The van der Waals surface area contributed by atoms with E-state index >= 15 is 0 Å². The van der Waals surface area contributed by atoms with Crippen LogP contribution in [0.4, 0.5) is 0 Å². The third kappa shape index (κ3) is 5.09. The molecule has 1 aliphatic carbocycles. The van der Waals surface area contributed by atoms with Crippen LogP contribution in [-0.4, -0.2) is 29.2 Å². The van der Waals surface area contributed by atoms with E-state index in [2.05, 4.69) is 73.2 Å². The van der Waals surface area contributed by atoms with Crippen molar-refractivity contribution in [3.63, 3.8) is 0 Å². The summed E-state index contributed by atoms with van der Waals surface area (Å²) in [7, 11) is -3.66. The molecule has 2 atom stereocenters. The summed E-state index contributed by atoms with van der Waals surface area (Å²) in [6.45, 7) is 16.6. The lowest BCUT2D eigenvalue weighted by molar-refractivity contribution is 0.299. The average molecular weight is 461 g/mol. The zero-order valence-corrected chi connectivity index (χ0v) is 21.8. The van der Waals surface area contributed by atoms with Crippen LogP contribution in [0, 0.1) is 13.8 Å². The van der Waals surface area contributed by atoms with Gasteiger partial charge in [-0.25, -0.2) is 13.1 Å². The van der Waals surface area contributed by atoms with Gasteiger partial charge in [0.2, 0.25) is 10.0 Å². The van der Waals surface area contributed by atoms with Gasteiger partial charge in [0.05, 0.1) is 4.90 Å². The monoisotopic (exact) mass is 460 g/mol. The number of benzene rings is 1. The number of nitrogens with zero attached hydrogens (tertiary/aromatic N) is 3. The zero-order chi connectivity index (χ0) is 23.8. The number of aryl methyl sites for hydroxylation is 2. The molecule has 2 aromatic rings. The minimum absolute atomic E-state index is 0.0928. The Labute approximate surface area is 194 Å². The molecule has 178 valence electrons. The smallest absolute Gasteiger partial charge is 0.241 e. The van der Waals surface area contributed by atoms with E-state index in [9.17, 15) is 8.42 Å². The first-order valence-electron chi connectivity index (χ1n) is 12.0. The first-order chi connectivity index (χ1) is 14.9. The van der Waals surface area contributed by atoms with Crippen molar-refractivity contribution in [2.45, 2.75) is 116 Å². The molecule has 0 radical (unpaired) electrons. The van der Waals surface area contributed by atoms with E-state index in [0.717, 1.165) is 48.5 Å². The highest BCUT2D eigenvalue weighted by Crippen LogP contribution is 2.36. The Kier molecular flexibility index (Phi) is 7.50. The normalized spacial score (nSPS) is 20.0. The Bertz CT molecular complexity index is 1010. The zero-order valence-electron chi connectivity index (χ0n) is 20.9. The second-order valence-corrected chi connectivity index (χ2v) is 11.9. The SMILES string of the molecule is Cc1nnc(C)n1C1CCCC(NS(=O)(=O)c2c(C(C)C)cc(C(C)C)cc2C(C)C)C1. The fourth-order valence-electron chi connectivity index (χ4n) is 4.99. The van der Waals surface area contributed by atoms with Gasteiger partial charge in [0.25, 0.3) is 0 Å². The predicted octanol–water partition coefficient (Wildman–Crippen LogP) is 5.73. The van der Waals surface area contributed by atoms with Gasteiger partial charge >= 0.3 is 0 Å². The molecule has 0 bridgehead atoms. The Morgan fingerprint density at radius 3 is 1.91 bits per heavy atom. The molecule has 1 aromatic heterocycles. The molecule has 1 heterocycles. The number of aromatic nitrogens is 3. The van der Waals surface area contributed by atoms with Crippen LogP contribution in [-0.2, 0) is 10.0 Å². The van der Waals surface area contributed by atoms with Gasteiger partial charge in [0.15, 0.2) is 0 Å². The Hall–Kier alpha value is -1.73. The number of hydrogen-bond donors (Lipinski definition) is 1. The molecule has 7 heteroatoms. The van der Waals surface area contributed by atoms with Crippen LogP contribution in [0.25, 0.3) is 0 Å². The molecule has 0 aliphatic heterocycles. The van der Waals surface area contributed by atoms with Gasteiger partial charge in [0.1, 0.15) is 11.6 Å². The third-order valence-corrected chi connectivity index (χ3v) is 8.37. The van der Waals surface area contributed by atoms with E-state index in [1.165, 1.54) is 5.56 Å². The highest BCUT2D eigenvalue weighted by atomic mass is 32.2. The number of nitrogens with one attached hydrogen (secondary N) is 1. The van der Waals surface area contributed by atoms with E-state index in [-0.39, 0.29) is 23.9 Å². The largest absolute Gasteiger partial charge is 0.312 e. The van der Waals surface area contributed by atoms with Gasteiger partial charge in [0, 0.05) is 12.1 Å². The molecule has 1 aliphatic rings. The van der Waals surface area contributed by atoms with E-state index < -0.39 is 10.0 Å². The summed E-state index contributed by atoms with van der Waals surface area (Å²) >= 11 is 0. The molecule has 1 N–H and O–H groups in total. The lowest BCUT2D eigenvalue weighted by atomic mass is 9.89. The quantitative estimate of drug-likeness (QED) is 0.573. The minimum Gasteiger partial charge on any atom is -0.312 e. The van der Waals surface area contributed by atoms with E-state index in [0.29, 0.717) is 10.8 Å². The topological polar surface area (TPSA) is 76.9 Å². The maximum atomic E-state index is 13.8. The van der Waals surface area contributed by atoms with Crippen molar-refractivity contribution in [2.75, 3.05) is 0 Å². The van der Waals surface area contributed by atoms with Crippen molar-refractivity contribution in [3.05, 3.63) is 40.5 Å². The third-order valence-electron chi connectivity index (χ3n) is 6.72. The second kappa shape index (κ2) is 9.64. The summed E-state index contributed by atoms with van der Waals surface area (Å²) < 4.78 is 32.9. The van der Waals surface area contributed by atoms with Gasteiger partial charge in [-0.1, -0.05) is 53.7 Å². The Balaban J connectivity index is 1.97. The van der Waals surface area contributed by atoms with Crippen molar-refractivity contribution >= 4 is 10.0 Å². The molecule has 1 saturated carbocycles. The van der Waals surface area contributed by atoms with E-state index in [1.54, 1.807) is 0 Å². The predicted molar refractivity (Wildman–Crippen MR) is 130 cm³/mol. The second-order valence-electron chi connectivity index (χ2n) is 10.3. The summed E-state index contributed by atoms with van der Waals surface area (Å²) in [5, 5.41) is 8.39. The van der Waals surface area contributed by atoms with Crippen LogP contribution in [0.2, 0.25) is 0 Å². The van der Waals surface area contributed by atoms with Gasteiger partial charge in [-0.05, 0) is 74.0 Å². The van der Waals surface area contributed by atoms with Gasteiger partial charge < -0.3 is 4.57 Å². The highest BCUT2D eigenvalue weighted by Gasteiger charge is 2.32. The van der Waals surface area contributed by atoms with Crippen LogP contribution in [0.5, 0.6) is 0 Å². The maximum absolute atomic E-state index is 13.8. The first kappa shape index (κ1) is 24.9. The molecule has 0 amide bonds. The lowest BCUT2D eigenvalue weighted by Crippen LogP contribution is -2.40. The molecule has 6 nitrogen and oxygen atoms in total. The van der Waals surface area contributed by atoms with E-state index in [1.807, 2.05) is 13.8 Å². The van der Waals surface area contributed by atoms with Gasteiger partial charge in [-0.2, -0.15) is 0 Å². The summed E-state index contributed by atoms with van der Waals surface area (Å²) in [5.74, 6) is 2.39. The van der Waals surface area contributed by atoms with Crippen molar-refractivity contribution in [1.29, 1.82) is 0 Å². The molecule has 0 saturated heterocycles. The fraction of sp³-hybridized carbons (Fsp3) is 0.680. The van der Waals surface area contributed by atoms with E-state index in [4.69, 9.17) is 0 Å². The van der Waals surface area contributed by atoms with Crippen LogP contribution in [0.1, 0.15) is 119 Å². The molecular weight excluding hydrogens is 420 g/mol. The number of sulfonamides is 1. The average Bonchev–Trinajstić information content (AvgIpc) is 3.04. The number of hydrogen-bond acceptors (Lipinski definition) is 4. The van der Waals surface area contributed by atoms with Crippen LogP contribution in [0.15, 0.2) is 17.0 Å². The first-order valence-corrected chi connectivity index (χ1v) is 13.5. The molecule has 2 unspecified atom stereocenters. The molecule has 0 spiro atoms. The molecule has 32 heavy (non-hydrogen) atoms. The molecule has 3 rings (SSSR count). The Morgan fingerprint density at radius 2 is 1.44 bits per heavy atom. The summed E-state index contributed by atoms with van der Waals surface area (Å²) in [6, 6.07) is 4.33. The summed E-state index contributed by atoms with van der Waals surface area (Å²) in [5.41, 5.74) is 3.04. The molecule has 1 aromatic carbocycles. The lowest BCUT2D eigenvalue weighted by Gasteiger charge is -2.32. The number of rotatable bonds is 7. The standard InChI is InChI=1S/C25H40N4O2S/c1-15(2)20-12-23(16(3)4)25(24(13-20)17(5)6)32(30,31)28-21-10-9-11-22(14-21)29-18(7)26-27-19(29)8/h12-13,15-17,21-22,28H,9-11,14H2,1-8H3. The minimum atomic E-state index is -3.66. The maximum Gasteiger partial charge on any atom is 0.241 e. The summed E-state index contributed by atoms with van der Waals surface area (Å²) in [4.78, 5) is 0.491. The van der Waals surface area contributed by atoms with Crippen molar-refractivity contribution < 1.29 is 8.42 Å². The molecule has 1 fully saturated rings. The van der Waals surface area contributed by atoms with Crippen molar-refractivity contribution in [2.24, 2.45) is 0 Å². The summed E-state index contributed by atoms with van der Waals surface area (Å²) in [6.07, 6.45) is 3.62. The van der Waals surface area contributed by atoms with Crippen LogP contribution in [0.3, 0.4) is 0 Å². The van der Waals surface area contributed by atoms with Gasteiger partial charge in [-0.15, -0.1) is 10.2 Å². The molecular formula is C25H40N4O2S. The van der Waals surface area contributed by atoms with Crippen LogP contribution < -0.4 is 4.72 Å². The van der Waals surface area contributed by atoms with Gasteiger partial charge in [-0.3, -0.25) is 0 Å². The van der Waals surface area contributed by atoms with Crippen LogP contribution >= 0.6 is 0 Å². The highest BCUT2D eigenvalue weighted by molar-refractivity contribution is 7.89.